The Bertz CT molecular complexity index is 1440. The Balaban J connectivity index is 1.37. The Hall–Kier alpha value is -3.89. The summed E-state index contributed by atoms with van der Waals surface area (Å²) in [6, 6.07) is 12.3. The molecule has 1 aliphatic rings. The predicted molar refractivity (Wildman–Crippen MR) is 141 cm³/mol. The molecule has 3 heterocycles. The van der Waals surface area contributed by atoms with Gasteiger partial charge in [0.1, 0.15) is 5.75 Å². The molecule has 2 aromatic heterocycles. The van der Waals surface area contributed by atoms with Crippen molar-refractivity contribution >= 4 is 57.9 Å². The molecule has 2 aromatic carbocycles. The van der Waals surface area contributed by atoms with Crippen LogP contribution in [-0.2, 0) is 0 Å². The number of hydrogen-bond acceptors (Lipinski definition) is 8. The summed E-state index contributed by atoms with van der Waals surface area (Å²) >= 11 is 12.4. The second-order valence-corrected chi connectivity index (χ2v) is 8.91. The number of carbonyl (C=O) groups excluding carboxylic acids is 1. The number of nitrogens with zero attached hydrogens (tertiary/aromatic N) is 6. The van der Waals surface area contributed by atoms with Gasteiger partial charge in [0.15, 0.2) is 17.0 Å². The number of methoxy groups -OCH3 is 1. The van der Waals surface area contributed by atoms with Crippen LogP contribution in [-0.4, -0.2) is 64.2 Å². The van der Waals surface area contributed by atoms with Gasteiger partial charge in [-0.15, -0.1) is 0 Å². The van der Waals surface area contributed by atoms with Crippen LogP contribution in [0.4, 0.5) is 22.2 Å². The maximum atomic E-state index is 12.9. The maximum absolute atomic E-state index is 12.9. The van der Waals surface area contributed by atoms with Crippen molar-refractivity contribution in [1.29, 1.82) is 0 Å². The van der Waals surface area contributed by atoms with Crippen molar-refractivity contribution in [2.45, 2.75) is 0 Å². The predicted octanol–water partition coefficient (Wildman–Crippen LogP) is 4.34. The van der Waals surface area contributed by atoms with Crippen molar-refractivity contribution in [3.63, 3.8) is 0 Å². The Morgan fingerprint density at radius 2 is 1.83 bits per heavy atom. The van der Waals surface area contributed by atoms with Gasteiger partial charge in [-0.05, 0) is 30.3 Å². The zero-order valence-electron chi connectivity index (χ0n) is 19.3. The van der Waals surface area contributed by atoms with E-state index in [9.17, 15) is 4.79 Å². The minimum Gasteiger partial charge on any atom is -0.495 e. The average molecular weight is 525 g/mol. The molecular weight excluding hydrogens is 503 g/mol. The number of para-hydroxylation sites is 2. The van der Waals surface area contributed by atoms with E-state index in [2.05, 4.69) is 20.3 Å². The number of ether oxygens (including phenoxy) is 1. The molecule has 0 bridgehead atoms. The molecule has 4 aromatic rings. The highest BCUT2D eigenvalue weighted by atomic mass is 35.5. The van der Waals surface area contributed by atoms with Gasteiger partial charge in [0.2, 0.25) is 5.95 Å². The van der Waals surface area contributed by atoms with Crippen LogP contribution in [0.1, 0.15) is 0 Å². The molecule has 10 nitrogen and oxygen atoms in total. The molecule has 0 atom stereocenters. The Morgan fingerprint density at radius 1 is 1.06 bits per heavy atom. The summed E-state index contributed by atoms with van der Waals surface area (Å²) in [6.45, 7) is 2.00. The third-order valence-electron chi connectivity index (χ3n) is 5.83. The number of piperazine rings is 1. The molecule has 1 aliphatic heterocycles. The first kappa shape index (κ1) is 23.8. The summed E-state index contributed by atoms with van der Waals surface area (Å²) in [5.74, 6) is 1.25. The molecule has 0 radical (unpaired) electrons. The number of rotatable bonds is 4. The first-order chi connectivity index (χ1) is 17.4. The fourth-order valence-electron chi connectivity index (χ4n) is 4.02. The smallest absolute Gasteiger partial charge is 0.322 e. The quantitative estimate of drug-likeness (QED) is 0.404. The Kier molecular flexibility index (Phi) is 6.62. The number of carbonyl (C=O) groups is 1. The first-order valence-electron chi connectivity index (χ1n) is 11.1. The maximum Gasteiger partial charge on any atom is 0.322 e. The number of nitrogens with two attached hydrogens (primary N) is 1. The number of aromatic nitrogens is 4. The van der Waals surface area contributed by atoms with Gasteiger partial charge in [-0.25, -0.2) is 14.8 Å². The van der Waals surface area contributed by atoms with Gasteiger partial charge in [0.25, 0.3) is 0 Å². The van der Waals surface area contributed by atoms with Crippen LogP contribution >= 0.6 is 23.2 Å². The fourth-order valence-corrected chi connectivity index (χ4v) is 4.53. The van der Waals surface area contributed by atoms with Crippen LogP contribution in [0, 0.1) is 0 Å². The van der Waals surface area contributed by atoms with Gasteiger partial charge < -0.3 is 25.6 Å². The van der Waals surface area contributed by atoms with Crippen molar-refractivity contribution in [1.82, 2.24) is 24.8 Å². The summed E-state index contributed by atoms with van der Waals surface area (Å²) in [7, 11) is 1.57. The van der Waals surface area contributed by atoms with E-state index in [1.54, 1.807) is 48.5 Å². The van der Waals surface area contributed by atoms with Crippen molar-refractivity contribution in [2.75, 3.05) is 49.2 Å². The van der Waals surface area contributed by atoms with Crippen molar-refractivity contribution < 1.29 is 9.53 Å². The lowest BCUT2D eigenvalue weighted by molar-refractivity contribution is 0.208. The molecule has 36 heavy (non-hydrogen) atoms. The highest BCUT2D eigenvalue weighted by Gasteiger charge is 2.25. The summed E-state index contributed by atoms with van der Waals surface area (Å²) in [5.41, 5.74) is 8.72. The average Bonchev–Trinajstić information content (AvgIpc) is 2.88. The van der Waals surface area contributed by atoms with E-state index < -0.39 is 0 Å². The van der Waals surface area contributed by atoms with Crippen LogP contribution in [0.5, 0.6) is 5.75 Å². The molecule has 0 spiro atoms. The van der Waals surface area contributed by atoms with E-state index in [0.29, 0.717) is 75.9 Å². The molecule has 3 N–H and O–H groups in total. The number of benzene rings is 2. The summed E-state index contributed by atoms with van der Waals surface area (Å²) in [6.07, 6.45) is 1.59. The van der Waals surface area contributed by atoms with Crippen molar-refractivity contribution in [3.8, 4) is 17.0 Å². The third-order valence-corrected chi connectivity index (χ3v) is 6.38. The van der Waals surface area contributed by atoms with Gasteiger partial charge in [0.05, 0.1) is 29.7 Å². The molecule has 12 heteroatoms. The molecule has 2 amide bonds. The van der Waals surface area contributed by atoms with Gasteiger partial charge in [0, 0.05) is 36.8 Å². The van der Waals surface area contributed by atoms with Crippen LogP contribution in [0.25, 0.3) is 22.4 Å². The number of amides is 2. The number of anilines is 3. The minimum absolute atomic E-state index is 0.0976. The molecule has 5 rings (SSSR count). The second-order valence-electron chi connectivity index (χ2n) is 8.06. The van der Waals surface area contributed by atoms with E-state index in [1.807, 2.05) is 17.0 Å². The van der Waals surface area contributed by atoms with E-state index >= 15 is 0 Å². The number of halogens is 2. The fraction of sp³-hybridized carbons (Fsp3) is 0.208. The number of nitrogen functional groups attached to an aromatic ring is 1. The molecule has 1 saturated heterocycles. The molecule has 0 unspecified atom stereocenters. The van der Waals surface area contributed by atoms with Gasteiger partial charge >= 0.3 is 6.03 Å². The number of fused-ring (bicyclic) bond motifs is 1. The Morgan fingerprint density at radius 3 is 2.58 bits per heavy atom. The summed E-state index contributed by atoms with van der Waals surface area (Å²) < 4.78 is 5.32. The lowest BCUT2D eigenvalue weighted by atomic mass is 10.1. The lowest BCUT2D eigenvalue weighted by Gasteiger charge is -2.35. The zero-order chi connectivity index (χ0) is 25.2. The molecule has 1 fully saturated rings. The largest absolute Gasteiger partial charge is 0.495 e. The van der Waals surface area contributed by atoms with Crippen molar-refractivity contribution in [2.24, 2.45) is 0 Å². The number of urea groups is 1. The second kappa shape index (κ2) is 10.00. The molecule has 184 valence electrons. The topological polar surface area (TPSA) is 122 Å². The van der Waals surface area contributed by atoms with Gasteiger partial charge in [-0.2, -0.15) is 9.97 Å². The number of nitrogens with one attached hydrogen (secondary N) is 1. The monoisotopic (exact) mass is 524 g/mol. The molecular formula is C24H22Cl2N8O2. The summed E-state index contributed by atoms with van der Waals surface area (Å²) in [4.78, 5) is 34.5. The standard InChI is InChI=1S/C24H22Cl2N8O2/c1-36-19-5-3-2-4-17(19)30-24(35)34-10-8-33(9-11-34)22-20-21(31-23(27)32-22)28-13-18(29-20)15-7-6-14(25)12-16(15)26/h2-7,12-13H,8-11H2,1H3,(H,30,35)(H2,27,28,31,32). The van der Waals surface area contributed by atoms with E-state index in [1.165, 1.54) is 0 Å². The van der Waals surface area contributed by atoms with E-state index in [-0.39, 0.29) is 12.0 Å². The van der Waals surface area contributed by atoms with Crippen LogP contribution in [0.2, 0.25) is 10.0 Å². The van der Waals surface area contributed by atoms with Crippen LogP contribution in [0.15, 0.2) is 48.7 Å². The molecule has 0 saturated carbocycles. The third kappa shape index (κ3) is 4.77. The zero-order valence-corrected chi connectivity index (χ0v) is 20.8. The van der Waals surface area contributed by atoms with Gasteiger partial charge in [-0.3, -0.25) is 0 Å². The van der Waals surface area contributed by atoms with Gasteiger partial charge in [-0.1, -0.05) is 35.3 Å². The highest BCUT2D eigenvalue weighted by molar-refractivity contribution is 6.36. The number of hydrogen-bond donors (Lipinski definition) is 2. The normalized spacial score (nSPS) is 13.6. The SMILES string of the molecule is COc1ccccc1NC(=O)N1CCN(c2nc(N)nc3ncc(-c4ccc(Cl)cc4Cl)nc23)CC1. The first-order valence-corrected chi connectivity index (χ1v) is 11.9. The van der Waals surface area contributed by atoms with E-state index in [0.717, 1.165) is 0 Å². The van der Waals surface area contributed by atoms with Crippen LogP contribution in [0.3, 0.4) is 0 Å². The highest BCUT2D eigenvalue weighted by Crippen LogP contribution is 2.31. The minimum atomic E-state index is -0.203. The lowest BCUT2D eigenvalue weighted by Crippen LogP contribution is -2.50. The molecule has 0 aliphatic carbocycles. The Labute approximate surface area is 217 Å². The van der Waals surface area contributed by atoms with Crippen LogP contribution < -0.4 is 20.7 Å². The van der Waals surface area contributed by atoms with Crippen molar-refractivity contribution in [3.05, 3.63) is 58.7 Å². The van der Waals surface area contributed by atoms with E-state index in [4.69, 9.17) is 38.7 Å². The summed E-state index contributed by atoms with van der Waals surface area (Å²) in [5, 5.41) is 3.90.